The minimum atomic E-state index is -0.153. The summed E-state index contributed by atoms with van der Waals surface area (Å²) in [7, 11) is 4.53. The molecule has 0 atom stereocenters. The average molecular weight is 56.9 g/mol. The number of aliphatic hydroxyl groups excluding tert-OH is 1. The van der Waals surface area contributed by atoms with E-state index in [1.807, 2.05) is 5.23 Å². The molecule has 2 N–H and O–H groups in total. The quantitative estimate of drug-likeness (QED) is 0.287. The van der Waals surface area contributed by atoms with Crippen LogP contribution in [0.3, 0.4) is 0 Å². The van der Waals surface area contributed by atoms with Crippen LogP contribution in [0.25, 0.3) is 0 Å². The third-order valence-corrected chi connectivity index (χ3v) is 0.0913. The lowest BCUT2D eigenvalue weighted by Gasteiger charge is -1.76. The van der Waals surface area contributed by atoms with Crippen molar-refractivity contribution in [3.05, 3.63) is 0 Å². The molecule has 0 aliphatic heterocycles. The van der Waals surface area contributed by atoms with Gasteiger partial charge in [-0.1, -0.05) is 0 Å². The normalized spacial score (nSPS) is 7.25. The summed E-state index contributed by atoms with van der Waals surface area (Å²) in [5, 5.41) is 9.62. The first-order valence-corrected chi connectivity index (χ1v) is 0.958. The predicted molar refractivity (Wildman–Crippen MR) is 16.0 cm³/mol. The van der Waals surface area contributed by atoms with Crippen molar-refractivity contribution in [3.8, 4) is 0 Å². The number of nitrogens with one attached hydrogen (secondary N) is 1. The van der Waals surface area contributed by atoms with Crippen LogP contribution in [0.4, 0.5) is 0 Å². The molecule has 0 saturated heterocycles. The Kier molecular flexibility index (Phi) is 2.97. The Morgan fingerprint density at radius 3 is 2.25 bits per heavy atom. The lowest BCUT2D eigenvalue weighted by atomic mass is 10.5. The van der Waals surface area contributed by atoms with Crippen molar-refractivity contribution in [2.45, 2.75) is 0 Å². The zero-order chi connectivity index (χ0) is 3.41. The second-order valence-electron chi connectivity index (χ2n) is 0.362. The topological polar surface area (TPSA) is 32.3 Å². The maximum Gasteiger partial charge on any atom is 0.180 e. The molecule has 0 bridgehead atoms. The molecule has 0 fully saturated rings. The predicted octanol–water partition coefficient (Wildman–Crippen LogP) is -1.39. The van der Waals surface area contributed by atoms with Gasteiger partial charge in [-0.25, -0.2) is 0 Å². The summed E-state index contributed by atoms with van der Waals surface area (Å²) in [6.45, 7) is -0.153. The molecule has 0 aromatic heterocycles. The summed E-state index contributed by atoms with van der Waals surface area (Å²) in [4.78, 5) is 0. The van der Waals surface area contributed by atoms with E-state index in [9.17, 15) is 0 Å². The van der Waals surface area contributed by atoms with Gasteiger partial charge in [-0.15, -0.1) is 0 Å². The second kappa shape index (κ2) is 2.98. The van der Waals surface area contributed by atoms with E-state index in [1.54, 1.807) is 0 Å². The zero-order valence-electron chi connectivity index (χ0n) is 2.23. The molecule has 0 aliphatic carbocycles. The average Bonchev–Trinajstić information content (AvgIpc) is 1.37. The van der Waals surface area contributed by atoms with Gasteiger partial charge in [0.1, 0.15) is 0 Å². The van der Waals surface area contributed by atoms with Gasteiger partial charge in [-0.05, 0) is 0 Å². The molecular formula is CH4BNO. The lowest BCUT2D eigenvalue weighted by Crippen LogP contribution is -2.07. The molecule has 0 aliphatic rings. The van der Waals surface area contributed by atoms with Gasteiger partial charge in [0.05, 0.1) is 6.73 Å². The zero-order valence-corrected chi connectivity index (χ0v) is 2.23. The molecule has 0 aromatic rings. The second-order valence-corrected chi connectivity index (χ2v) is 0.362. The smallest absolute Gasteiger partial charge is 0.180 e. The van der Waals surface area contributed by atoms with Gasteiger partial charge in [0.2, 0.25) is 0 Å². The molecule has 4 heavy (non-hydrogen) atoms. The van der Waals surface area contributed by atoms with Crippen LogP contribution in [0, 0.1) is 0 Å². The fourth-order valence-corrected chi connectivity index (χ4v) is 0. The Morgan fingerprint density at radius 2 is 2.25 bits per heavy atom. The molecule has 0 aromatic carbocycles. The molecular weight excluding hydrogens is 52.8 g/mol. The van der Waals surface area contributed by atoms with Crippen LogP contribution >= 0.6 is 0 Å². The molecule has 3 heteroatoms. The molecule has 0 spiro atoms. The Bertz CT molecular complexity index is 10.0. The van der Waals surface area contributed by atoms with Gasteiger partial charge in [-0.3, -0.25) is 0 Å². The molecule has 22 valence electrons. The third-order valence-electron chi connectivity index (χ3n) is 0.0913. The van der Waals surface area contributed by atoms with Crippen molar-refractivity contribution in [1.82, 2.24) is 5.23 Å². The summed E-state index contributed by atoms with van der Waals surface area (Å²) in [5.41, 5.74) is 0. The number of hydrogen-bond acceptors (Lipinski definition) is 2. The molecule has 0 rings (SSSR count). The molecule has 0 amide bonds. The highest BCUT2D eigenvalue weighted by Crippen LogP contribution is 1.22. The van der Waals surface area contributed by atoms with Crippen molar-refractivity contribution < 1.29 is 5.11 Å². The molecule has 2 nitrogen and oxygen atoms in total. The fraction of sp³-hybridized carbons (Fsp3) is 1.00. The van der Waals surface area contributed by atoms with Gasteiger partial charge in [0.25, 0.3) is 0 Å². The van der Waals surface area contributed by atoms with E-state index in [4.69, 9.17) is 5.11 Å². The van der Waals surface area contributed by atoms with E-state index < -0.39 is 0 Å². The Balaban J connectivity index is 1.97. The van der Waals surface area contributed by atoms with Crippen LogP contribution in [0.1, 0.15) is 0 Å². The van der Waals surface area contributed by atoms with E-state index in [2.05, 4.69) is 7.98 Å². The van der Waals surface area contributed by atoms with E-state index >= 15 is 0 Å². The molecule has 0 heterocycles. The van der Waals surface area contributed by atoms with E-state index in [0.717, 1.165) is 0 Å². The summed E-state index contributed by atoms with van der Waals surface area (Å²) >= 11 is 0. The van der Waals surface area contributed by atoms with Crippen molar-refractivity contribution in [2.24, 2.45) is 0 Å². The summed E-state index contributed by atoms with van der Waals surface area (Å²) in [6.07, 6.45) is 0. The number of hydrogen-bond donors (Lipinski definition) is 2. The van der Waals surface area contributed by atoms with E-state index in [-0.39, 0.29) is 6.73 Å². The van der Waals surface area contributed by atoms with Gasteiger partial charge in [0.15, 0.2) is 7.98 Å². The van der Waals surface area contributed by atoms with Gasteiger partial charge in [0, 0.05) is 0 Å². The largest absolute Gasteiger partial charge is 0.382 e. The minimum absolute atomic E-state index is 0.153. The van der Waals surface area contributed by atoms with E-state index in [1.165, 1.54) is 0 Å². The van der Waals surface area contributed by atoms with Crippen molar-refractivity contribution in [3.63, 3.8) is 0 Å². The Labute approximate surface area is 26.3 Å². The van der Waals surface area contributed by atoms with E-state index in [0.29, 0.717) is 0 Å². The summed E-state index contributed by atoms with van der Waals surface area (Å²) < 4.78 is 0. The van der Waals surface area contributed by atoms with Crippen LogP contribution in [0.5, 0.6) is 0 Å². The van der Waals surface area contributed by atoms with Crippen LogP contribution in [-0.4, -0.2) is 19.8 Å². The standard InChI is InChI=1S/CH4BNO/c2-3-1-4/h3-4H,1H2. The monoisotopic (exact) mass is 57.0 g/mol. The fourth-order valence-electron chi connectivity index (χ4n) is 0. The highest BCUT2D eigenvalue weighted by Gasteiger charge is 1.51. The third kappa shape index (κ3) is 1.98. The Morgan fingerprint density at radius 1 is 2.00 bits per heavy atom. The van der Waals surface area contributed by atoms with Crippen molar-refractivity contribution in [1.29, 1.82) is 0 Å². The SMILES string of the molecule is [B]NCO. The van der Waals surface area contributed by atoms with Crippen LogP contribution in [0.2, 0.25) is 0 Å². The first-order valence-electron chi connectivity index (χ1n) is 0.958. The van der Waals surface area contributed by atoms with Crippen molar-refractivity contribution in [2.75, 3.05) is 6.73 Å². The van der Waals surface area contributed by atoms with Crippen molar-refractivity contribution >= 4 is 7.98 Å². The number of aliphatic hydroxyl groups is 1. The lowest BCUT2D eigenvalue weighted by molar-refractivity contribution is 0.291. The van der Waals surface area contributed by atoms with Gasteiger partial charge >= 0.3 is 0 Å². The maximum atomic E-state index is 7.64. The van der Waals surface area contributed by atoms with Gasteiger partial charge < -0.3 is 10.3 Å². The highest BCUT2D eigenvalue weighted by molar-refractivity contribution is 6.04. The Hall–Kier alpha value is -0.0151. The van der Waals surface area contributed by atoms with Crippen LogP contribution in [-0.2, 0) is 0 Å². The van der Waals surface area contributed by atoms with Crippen LogP contribution < -0.4 is 5.23 Å². The highest BCUT2D eigenvalue weighted by atomic mass is 16.3. The maximum absolute atomic E-state index is 7.64. The van der Waals surface area contributed by atoms with Crippen LogP contribution in [0.15, 0.2) is 0 Å². The minimum Gasteiger partial charge on any atom is -0.382 e. The number of rotatable bonds is 1. The summed E-state index contributed by atoms with van der Waals surface area (Å²) in [5.74, 6) is 0. The summed E-state index contributed by atoms with van der Waals surface area (Å²) in [6, 6.07) is 0. The molecule has 2 radical (unpaired) electrons. The molecule has 0 unspecified atom stereocenters. The molecule has 0 saturated carbocycles. The first-order chi connectivity index (χ1) is 1.91. The first kappa shape index (κ1) is 3.98. The van der Waals surface area contributed by atoms with Gasteiger partial charge in [-0.2, -0.15) is 0 Å².